The highest BCUT2D eigenvalue weighted by Gasteiger charge is 2.25. The maximum absolute atomic E-state index is 14.0. The molecule has 2 aromatic carbocycles. The van der Waals surface area contributed by atoms with Gasteiger partial charge in [-0.25, -0.2) is 4.39 Å². The first-order chi connectivity index (χ1) is 13.0. The molecule has 0 aromatic heterocycles. The molecule has 0 aliphatic carbocycles. The SMILES string of the molecule is CNC(=O)C(C)N(Cc1ccccc1F)C(=O)CCSCc1ccccc1. The van der Waals surface area contributed by atoms with Gasteiger partial charge in [0.05, 0.1) is 0 Å². The largest absolute Gasteiger partial charge is 0.357 e. The zero-order valence-corrected chi connectivity index (χ0v) is 16.5. The van der Waals surface area contributed by atoms with Crippen molar-refractivity contribution in [3.8, 4) is 0 Å². The quantitative estimate of drug-likeness (QED) is 0.668. The second-order valence-corrected chi connectivity index (χ2v) is 7.30. The lowest BCUT2D eigenvalue weighted by molar-refractivity contribution is -0.140. The molecule has 2 aromatic rings. The van der Waals surface area contributed by atoms with Crippen LogP contribution in [0.4, 0.5) is 4.39 Å². The number of benzene rings is 2. The van der Waals surface area contributed by atoms with Crippen LogP contribution in [-0.4, -0.2) is 35.6 Å². The lowest BCUT2D eigenvalue weighted by Gasteiger charge is -2.28. The van der Waals surface area contributed by atoms with Crippen LogP contribution in [-0.2, 0) is 21.9 Å². The second kappa shape index (κ2) is 10.7. The fourth-order valence-corrected chi connectivity index (χ4v) is 3.56. The summed E-state index contributed by atoms with van der Waals surface area (Å²) in [6.07, 6.45) is 0.299. The topological polar surface area (TPSA) is 49.4 Å². The van der Waals surface area contributed by atoms with E-state index in [-0.39, 0.29) is 24.2 Å². The standard InChI is InChI=1S/C21H25FN2O2S/c1-16(21(26)23-2)24(14-18-10-6-7-11-19(18)22)20(25)12-13-27-15-17-8-4-3-5-9-17/h3-11,16H,12-15H2,1-2H3,(H,23,26). The first-order valence-corrected chi connectivity index (χ1v) is 10.0. The van der Waals surface area contributed by atoms with Crippen molar-refractivity contribution in [3.05, 3.63) is 71.5 Å². The monoisotopic (exact) mass is 388 g/mol. The Bertz CT molecular complexity index is 755. The molecule has 1 unspecified atom stereocenters. The Kier molecular flexibility index (Phi) is 8.33. The van der Waals surface area contributed by atoms with Gasteiger partial charge in [-0.3, -0.25) is 9.59 Å². The molecule has 0 bridgehead atoms. The van der Waals surface area contributed by atoms with E-state index in [4.69, 9.17) is 0 Å². The molecule has 4 nitrogen and oxygen atoms in total. The Morgan fingerprint density at radius 3 is 2.44 bits per heavy atom. The van der Waals surface area contributed by atoms with E-state index in [2.05, 4.69) is 5.32 Å². The number of hydrogen-bond acceptors (Lipinski definition) is 3. The molecule has 0 aliphatic heterocycles. The van der Waals surface area contributed by atoms with Gasteiger partial charge in [0, 0.05) is 37.1 Å². The molecule has 0 heterocycles. The highest BCUT2D eigenvalue weighted by molar-refractivity contribution is 7.98. The summed E-state index contributed by atoms with van der Waals surface area (Å²) in [7, 11) is 1.53. The minimum absolute atomic E-state index is 0.0729. The van der Waals surface area contributed by atoms with Crippen LogP contribution in [0.5, 0.6) is 0 Å². The number of likely N-dealkylation sites (N-methyl/N-ethyl adjacent to an activating group) is 1. The minimum Gasteiger partial charge on any atom is -0.357 e. The van der Waals surface area contributed by atoms with E-state index in [9.17, 15) is 14.0 Å². The van der Waals surface area contributed by atoms with Gasteiger partial charge in [0.25, 0.3) is 0 Å². The molecule has 0 spiro atoms. The average molecular weight is 389 g/mol. The van der Waals surface area contributed by atoms with Crippen molar-refractivity contribution in [3.63, 3.8) is 0 Å². The van der Waals surface area contributed by atoms with Crippen molar-refractivity contribution in [1.82, 2.24) is 10.2 Å². The van der Waals surface area contributed by atoms with Crippen molar-refractivity contribution < 1.29 is 14.0 Å². The lowest BCUT2D eigenvalue weighted by Crippen LogP contribution is -2.46. The Hall–Kier alpha value is -2.34. The van der Waals surface area contributed by atoms with Crippen LogP contribution in [0.1, 0.15) is 24.5 Å². The van der Waals surface area contributed by atoms with Crippen molar-refractivity contribution in [1.29, 1.82) is 0 Å². The van der Waals surface area contributed by atoms with Gasteiger partial charge in [-0.2, -0.15) is 11.8 Å². The zero-order valence-electron chi connectivity index (χ0n) is 15.7. The molecule has 144 valence electrons. The third-order valence-corrected chi connectivity index (χ3v) is 5.31. The molecule has 0 fully saturated rings. The maximum atomic E-state index is 14.0. The zero-order chi connectivity index (χ0) is 19.6. The van der Waals surface area contributed by atoms with E-state index in [0.717, 1.165) is 5.75 Å². The number of nitrogens with zero attached hydrogens (tertiary/aromatic N) is 1. The normalized spacial score (nSPS) is 11.7. The molecule has 1 atom stereocenters. The number of nitrogens with one attached hydrogen (secondary N) is 1. The maximum Gasteiger partial charge on any atom is 0.242 e. The highest BCUT2D eigenvalue weighted by atomic mass is 32.2. The third kappa shape index (κ3) is 6.40. The van der Waals surface area contributed by atoms with Crippen LogP contribution in [0, 0.1) is 5.82 Å². The van der Waals surface area contributed by atoms with Crippen LogP contribution in [0.3, 0.4) is 0 Å². The van der Waals surface area contributed by atoms with Crippen molar-refractivity contribution in [2.45, 2.75) is 31.7 Å². The number of carbonyl (C=O) groups excluding carboxylic acids is 2. The summed E-state index contributed by atoms with van der Waals surface area (Å²) in [5.74, 6) is 0.665. The molecule has 6 heteroatoms. The van der Waals surface area contributed by atoms with Crippen LogP contribution in [0.25, 0.3) is 0 Å². The van der Waals surface area contributed by atoms with Crippen LogP contribution < -0.4 is 5.32 Å². The van der Waals surface area contributed by atoms with Crippen LogP contribution in [0.2, 0.25) is 0 Å². The van der Waals surface area contributed by atoms with Crippen molar-refractivity contribution in [2.24, 2.45) is 0 Å². The number of rotatable bonds is 9. The lowest BCUT2D eigenvalue weighted by atomic mass is 10.1. The number of carbonyl (C=O) groups is 2. The summed E-state index contributed by atoms with van der Waals surface area (Å²) in [5, 5.41) is 2.56. The van der Waals surface area contributed by atoms with E-state index >= 15 is 0 Å². The van der Waals surface area contributed by atoms with Gasteiger partial charge < -0.3 is 10.2 Å². The molecule has 0 saturated heterocycles. The fraction of sp³-hybridized carbons (Fsp3) is 0.333. The van der Waals surface area contributed by atoms with E-state index in [0.29, 0.717) is 17.7 Å². The number of hydrogen-bond donors (Lipinski definition) is 1. The molecular formula is C21H25FN2O2S. The average Bonchev–Trinajstić information content (AvgIpc) is 2.70. The van der Waals surface area contributed by atoms with E-state index in [1.165, 1.54) is 23.6 Å². The summed E-state index contributed by atoms with van der Waals surface area (Å²) < 4.78 is 14.0. The molecule has 0 aliphatic rings. The fourth-order valence-electron chi connectivity index (χ4n) is 2.67. The molecule has 27 heavy (non-hydrogen) atoms. The molecule has 1 N–H and O–H groups in total. The Balaban J connectivity index is 1.98. The van der Waals surface area contributed by atoms with Gasteiger partial charge in [-0.05, 0) is 18.6 Å². The predicted octanol–water partition coefficient (Wildman–Crippen LogP) is 3.61. The van der Waals surface area contributed by atoms with E-state index in [1.54, 1.807) is 36.9 Å². The van der Waals surface area contributed by atoms with Gasteiger partial charge in [-0.1, -0.05) is 48.5 Å². The molecule has 2 rings (SSSR count). The van der Waals surface area contributed by atoms with E-state index < -0.39 is 6.04 Å². The van der Waals surface area contributed by atoms with Crippen LogP contribution >= 0.6 is 11.8 Å². The Labute approximate surface area is 164 Å². The molecular weight excluding hydrogens is 363 g/mol. The van der Waals surface area contributed by atoms with E-state index in [1.807, 2.05) is 30.3 Å². The third-order valence-electron chi connectivity index (χ3n) is 4.28. The van der Waals surface area contributed by atoms with Crippen molar-refractivity contribution in [2.75, 3.05) is 12.8 Å². The number of amides is 2. The van der Waals surface area contributed by atoms with Crippen LogP contribution in [0.15, 0.2) is 54.6 Å². The Morgan fingerprint density at radius 1 is 1.11 bits per heavy atom. The highest BCUT2D eigenvalue weighted by Crippen LogP contribution is 2.17. The summed E-state index contributed by atoms with van der Waals surface area (Å²) in [4.78, 5) is 26.2. The summed E-state index contributed by atoms with van der Waals surface area (Å²) in [6.45, 7) is 1.73. The summed E-state index contributed by atoms with van der Waals surface area (Å²) in [5.41, 5.74) is 1.61. The number of thioether (sulfide) groups is 1. The van der Waals surface area contributed by atoms with Gasteiger partial charge in [0.1, 0.15) is 11.9 Å². The molecule has 0 radical (unpaired) electrons. The van der Waals surface area contributed by atoms with Gasteiger partial charge in [0.15, 0.2) is 0 Å². The first-order valence-electron chi connectivity index (χ1n) is 8.89. The molecule has 2 amide bonds. The first kappa shape index (κ1) is 21.0. The minimum atomic E-state index is -0.666. The summed E-state index contributed by atoms with van der Waals surface area (Å²) >= 11 is 1.67. The second-order valence-electron chi connectivity index (χ2n) is 6.19. The van der Waals surface area contributed by atoms with Crippen molar-refractivity contribution >= 4 is 23.6 Å². The van der Waals surface area contributed by atoms with Gasteiger partial charge in [0.2, 0.25) is 11.8 Å². The van der Waals surface area contributed by atoms with Gasteiger partial charge in [-0.15, -0.1) is 0 Å². The summed E-state index contributed by atoms with van der Waals surface area (Å²) in [6, 6.07) is 15.7. The Morgan fingerprint density at radius 2 is 1.78 bits per heavy atom. The smallest absolute Gasteiger partial charge is 0.242 e. The number of halogens is 1. The van der Waals surface area contributed by atoms with Gasteiger partial charge >= 0.3 is 0 Å². The molecule has 0 saturated carbocycles. The predicted molar refractivity (Wildman–Crippen MR) is 108 cm³/mol.